The first kappa shape index (κ1) is 23.6. The highest BCUT2D eigenvalue weighted by atomic mass is 16.5. The lowest BCUT2D eigenvalue weighted by Crippen LogP contribution is -2.34. The second kappa shape index (κ2) is 8.84. The lowest BCUT2D eigenvalue weighted by molar-refractivity contribution is -0.131. The average Bonchev–Trinajstić information content (AvgIpc) is 3.48. The summed E-state index contributed by atoms with van der Waals surface area (Å²) in [4.78, 5) is 10.9. The molecule has 0 aliphatic heterocycles. The number of benzene rings is 1. The van der Waals surface area contributed by atoms with Gasteiger partial charge in [0.05, 0.1) is 6.61 Å². The van der Waals surface area contributed by atoms with Gasteiger partial charge in [-0.05, 0) is 89.5 Å². The van der Waals surface area contributed by atoms with Crippen molar-refractivity contribution >= 4 is 5.97 Å². The highest BCUT2D eigenvalue weighted by Gasteiger charge is 2.45. The molecule has 0 saturated heterocycles. The zero-order valence-corrected chi connectivity index (χ0v) is 20.4. The number of carboxylic acid groups (broad SMARTS) is 1. The molecule has 0 spiro atoms. The Balaban J connectivity index is 1.91. The molecule has 170 valence electrons. The van der Waals surface area contributed by atoms with Gasteiger partial charge < -0.3 is 9.84 Å². The molecule has 3 heteroatoms. The SMILES string of the molecule is CCCOc1cc2c(cc1C1CC1C(C)/C=C/C(C)=C/C(=O)O)C(C)(C)CCC2(C)C. The van der Waals surface area contributed by atoms with E-state index in [1.807, 2.05) is 13.0 Å². The predicted octanol–water partition coefficient (Wildman–Crippen LogP) is 7.15. The topological polar surface area (TPSA) is 46.5 Å². The van der Waals surface area contributed by atoms with Gasteiger partial charge in [0.15, 0.2) is 0 Å². The Bertz CT molecular complexity index is 888. The molecule has 3 nitrogen and oxygen atoms in total. The Hall–Kier alpha value is -2.03. The molecule has 1 aromatic carbocycles. The zero-order chi connectivity index (χ0) is 23.0. The standard InChI is InChI=1S/C28H40O3/c1-8-13-31-25-17-24-23(27(4,5)11-12-28(24,6)7)16-22(25)21-15-20(21)19(3)10-9-18(2)14-26(29)30/h9-10,14,16-17,19-21H,8,11-13,15H2,1-7H3,(H,29,30)/b10-9+,18-14+. The number of fused-ring (bicyclic) bond motifs is 1. The van der Waals surface area contributed by atoms with Crippen molar-refractivity contribution in [3.05, 3.63) is 52.6 Å². The number of carbonyl (C=O) groups is 1. The van der Waals surface area contributed by atoms with E-state index in [1.54, 1.807) is 0 Å². The minimum atomic E-state index is -0.892. The fourth-order valence-corrected chi connectivity index (χ4v) is 5.08. The van der Waals surface area contributed by atoms with Crippen molar-refractivity contribution in [1.29, 1.82) is 0 Å². The third-order valence-electron chi connectivity index (χ3n) is 7.37. The van der Waals surface area contributed by atoms with Crippen molar-refractivity contribution < 1.29 is 14.6 Å². The monoisotopic (exact) mass is 424 g/mol. The second-order valence-electron chi connectivity index (χ2n) is 11.0. The molecule has 1 saturated carbocycles. The van der Waals surface area contributed by atoms with Gasteiger partial charge in [-0.2, -0.15) is 0 Å². The summed E-state index contributed by atoms with van der Waals surface area (Å²) in [5.41, 5.74) is 5.48. The number of carboxylic acids is 1. The van der Waals surface area contributed by atoms with E-state index in [4.69, 9.17) is 9.84 Å². The van der Waals surface area contributed by atoms with E-state index in [0.29, 0.717) is 17.8 Å². The highest BCUT2D eigenvalue weighted by Crippen LogP contribution is 2.57. The van der Waals surface area contributed by atoms with Crippen molar-refractivity contribution in [1.82, 2.24) is 0 Å². The van der Waals surface area contributed by atoms with E-state index in [9.17, 15) is 4.79 Å². The summed E-state index contributed by atoms with van der Waals surface area (Å²) in [5.74, 6) is 1.69. The summed E-state index contributed by atoms with van der Waals surface area (Å²) in [6.07, 6.45) is 9.96. The van der Waals surface area contributed by atoms with Crippen molar-refractivity contribution in [3.63, 3.8) is 0 Å². The molecule has 0 bridgehead atoms. The molecule has 1 N–H and O–H groups in total. The van der Waals surface area contributed by atoms with Gasteiger partial charge in [-0.15, -0.1) is 0 Å². The van der Waals surface area contributed by atoms with Crippen LogP contribution in [-0.2, 0) is 15.6 Å². The first-order chi connectivity index (χ1) is 14.5. The van der Waals surface area contributed by atoms with Crippen LogP contribution in [0.3, 0.4) is 0 Å². The lowest BCUT2D eigenvalue weighted by Gasteiger charge is -2.42. The number of rotatable bonds is 8. The summed E-state index contributed by atoms with van der Waals surface area (Å²) in [7, 11) is 0. The van der Waals surface area contributed by atoms with Crippen molar-refractivity contribution in [3.8, 4) is 5.75 Å². The van der Waals surface area contributed by atoms with Crippen LogP contribution in [-0.4, -0.2) is 17.7 Å². The number of hydrogen-bond acceptors (Lipinski definition) is 2. The summed E-state index contributed by atoms with van der Waals surface area (Å²) in [6, 6.07) is 4.83. The molecule has 0 heterocycles. The Kier molecular flexibility index (Phi) is 6.74. The first-order valence-electron chi connectivity index (χ1n) is 11.9. The van der Waals surface area contributed by atoms with Crippen LogP contribution in [0.25, 0.3) is 0 Å². The molecule has 2 aliphatic rings. The van der Waals surface area contributed by atoms with Crippen LogP contribution >= 0.6 is 0 Å². The number of allylic oxidation sites excluding steroid dienone is 3. The smallest absolute Gasteiger partial charge is 0.328 e. The fraction of sp³-hybridized carbons (Fsp3) is 0.607. The molecule has 1 aromatic rings. The third-order valence-corrected chi connectivity index (χ3v) is 7.37. The number of ether oxygens (including phenoxy) is 1. The normalized spacial score (nSPS) is 25.2. The van der Waals surface area contributed by atoms with Gasteiger partial charge in [0.2, 0.25) is 0 Å². The largest absolute Gasteiger partial charge is 0.493 e. The summed E-state index contributed by atoms with van der Waals surface area (Å²) in [6.45, 7) is 16.5. The van der Waals surface area contributed by atoms with Gasteiger partial charge in [-0.25, -0.2) is 4.79 Å². The maximum absolute atomic E-state index is 10.9. The van der Waals surface area contributed by atoms with Gasteiger partial charge in [0.25, 0.3) is 0 Å². The maximum Gasteiger partial charge on any atom is 0.328 e. The van der Waals surface area contributed by atoms with Gasteiger partial charge >= 0.3 is 5.97 Å². The second-order valence-corrected chi connectivity index (χ2v) is 11.0. The van der Waals surface area contributed by atoms with Gasteiger partial charge in [0, 0.05) is 6.08 Å². The maximum atomic E-state index is 10.9. The van der Waals surface area contributed by atoms with Crippen LogP contribution in [0.15, 0.2) is 35.9 Å². The van der Waals surface area contributed by atoms with Crippen LogP contribution in [0.4, 0.5) is 0 Å². The van der Waals surface area contributed by atoms with Crippen molar-refractivity contribution in [2.45, 2.75) is 90.9 Å². The Morgan fingerprint density at radius 3 is 2.39 bits per heavy atom. The fourth-order valence-electron chi connectivity index (χ4n) is 5.08. The highest BCUT2D eigenvalue weighted by molar-refractivity contribution is 5.81. The molecule has 3 unspecified atom stereocenters. The Morgan fingerprint density at radius 2 is 1.81 bits per heavy atom. The lowest BCUT2D eigenvalue weighted by atomic mass is 9.62. The number of aliphatic carboxylic acids is 1. The summed E-state index contributed by atoms with van der Waals surface area (Å²) < 4.78 is 6.29. The third kappa shape index (κ3) is 5.25. The van der Waals surface area contributed by atoms with Gasteiger partial charge in [0.1, 0.15) is 5.75 Å². The molecule has 3 atom stereocenters. The van der Waals surface area contributed by atoms with Crippen molar-refractivity contribution in [2.75, 3.05) is 6.61 Å². The summed E-state index contributed by atoms with van der Waals surface area (Å²) >= 11 is 0. The van der Waals surface area contributed by atoms with E-state index in [0.717, 1.165) is 30.8 Å². The van der Waals surface area contributed by atoms with Crippen molar-refractivity contribution in [2.24, 2.45) is 11.8 Å². The predicted molar refractivity (Wildman–Crippen MR) is 128 cm³/mol. The Labute approximate surface area is 188 Å². The van der Waals surface area contributed by atoms with Gasteiger partial charge in [-0.1, -0.05) is 59.8 Å². The van der Waals surface area contributed by atoms with Crippen LogP contribution in [0.5, 0.6) is 5.75 Å². The molecule has 2 aliphatic carbocycles. The average molecular weight is 425 g/mol. The first-order valence-corrected chi connectivity index (χ1v) is 11.9. The molecule has 3 rings (SSSR count). The van der Waals surface area contributed by atoms with E-state index in [-0.39, 0.29) is 10.8 Å². The summed E-state index contributed by atoms with van der Waals surface area (Å²) in [5, 5.41) is 8.91. The molecular formula is C28H40O3. The zero-order valence-electron chi connectivity index (χ0n) is 20.4. The van der Waals surface area contributed by atoms with Crippen LogP contribution in [0.1, 0.15) is 96.8 Å². The minimum absolute atomic E-state index is 0.181. The Morgan fingerprint density at radius 1 is 1.19 bits per heavy atom. The molecule has 0 radical (unpaired) electrons. The quantitative estimate of drug-likeness (QED) is 0.356. The molecular weight excluding hydrogens is 384 g/mol. The molecule has 31 heavy (non-hydrogen) atoms. The van der Waals surface area contributed by atoms with Crippen LogP contribution in [0.2, 0.25) is 0 Å². The number of hydrogen-bond donors (Lipinski definition) is 1. The van der Waals surface area contributed by atoms with E-state index in [1.165, 1.54) is 35.6 Å². The van der Waals surface area contributed by atoms with Crippen LogP contribution < -0.4 is 4.74 Å². The van der Waals surface area contributed by atoms with E-state index < -0.39 is 5.97 Å². The molecule has 1 fully saturated rings. The molecule has 0 amide bonds. The molecule has 0 aromatic heterocycles. The van der Waals surface area contributed by atoms with Gasteiger partial charge in [-0.3, -0.25) is 0 Å². The van der Waals surface area contributed by atoms with E-state index in [2.05, 4.69) is 59.8 Å². The van der Waals surface area contributed by atoms with E-state index >= 15 is 0 Å². The minimum Gasteiger partial charge on any atom is -0.493 e. The van der Waals surface area contributed by atoms with Crippen LogP contribution in [0, 0.1) is 11.8 Å².